The van der Waals surface area contributed by atoms with Gasteiger partial charge >= 0.3 is 0 Å². The number of hydrogen-bond donors (Lipinski definition) is 1. The average Bonchev–Trinajstić information content (AvgIpc) is 2.60. The summed E-state index contributed by atoms with van der Waals surface area (Å²) < 4.78 is 5.54. The zero-order valence-corrected chi connectivity index (χ0v) is 13.7. The molecule has 1 N–H and O–H groups in total. The van der Waals surface area contributed by atoms with Crippen molar-refractivity contribution < 1.29 is 4.74 Å². The zero-order chi connectivity index (χ0) is 16.9. The predicted molar refractivity (Wildman–Crippen MR) is 93.8 cm³/mol. The largest absolute Gasteiger partial charge is 0.475 e. The summed E-state index contributed by atoms with van der Waals surface area (Å²) in [5, 5.41) is 13.6. The maximum absolute atomic E-state index is 9.34. The molecule has 0 saturated heterocycles. The summed E-state index contributed by atoms with van der Waals surface area (Å²) in [6.07, 6.45) is 3.48. The van der Waals surface area contributed by atoms with Gasteiger partial charge in [0.25, 0.3) is 0 Å². The number of aromatic nitrogens is 2. The van der Waals surface area contributed by atoms with Gasteiger partial charge in [-0.15, -0.1) is 0 Å². The fraction of sp³-hybridized carbons (Fsp3) is 0.211. The Bertz CT molecular complexity index is 882. The molecule has 0 saturated carbocycles. The van der Waals surface area contributed by atoms with Crippen molar-refractivity contribution in [3.63, 3.8) is 0 Å². The van der Waals surface area contributed by atoms with Crippen LogP contribution in [0.1, 0.15) is 25.0 Å². The van der Waals surface area contributed by atoms with Gasteiger partial charge in [-0.05, 0) is 25.5 Å². The minimum absolute atomic E-state index is 0.0999. The van der Waals surface area contributed by atoms with Gasteiger partial charge in [0.1, 0.15) is 6.07 Å². The predicted octanol–water partition coefficient (Wildman–Crippen LogP) is 3.90. The minimum atomic E-state index is 0.0999. The Hall–Kier alpha value is -3.13. The molecular formula is C19H18N4O. The van der Waals surface area contributed by atoms with Gasteiger partial charge in [0.15, 0.2) is 0 Å². The highest BCUT2D eigenvalue weighted by Gasteiger charge is 2.08. The Labute approximate surface area is 140 Å². The van der Waals surface area contributed by atoms with Crippen LogP contribution in [0.15, 0.2) is 48.8 Å². The van der Waals surface area contributed by atoms with Gasteiger partial charge < -0.3 is 10.1 Å². The van der Waals surface area contributed by atoms with Crippen LogP contribution in [0, 0.1) is 11.3 Å². The van der Waals surface area contributed by atoms with Crippen molar-refractivity contribution in [2.45, 2.75) is 26.5 Å². The molecule has 2 heterocycles. The molecule has 0 spiro atoms. The number of anilines is 1. The third-order valence-electron chi connectivity index (χ3n) is 3.52. The van der Waals surface area contributed by atoms with E-state index in [1.165, 1.54) is 0 Å². The molecule has 0 fully saturated rings. The number of pyridine rings is 2. The molecule has 0 aliphatic heterocycles. The summed E-state index contributed by atoms with van der Waals surface area (Å²) in [7, 11) is 0. The van der Waals surface area contributed by atoms with E-state index < -0.39 is 0 Å². The van der Waals surface area contributed by atoms with Crippen LogP contribution >= 0.6 is 0 Å². The Morgan fingerprint density at radius 2 is 1.96 bits per heavy atom. The van der Waals surface area contributed by atoms with Crippen LogP contribution < -0.4 is 10.1 Å². The lowest BCUT2D eigenvalue weighted by Crippen LogP contribution is -2.07. The molecule has 0 atom stereocenters. The van der Waals surface area contributed by atoms with Crippen LogP contribution in [-0.4, -0.2) is 16.1 Å². The number of nitrogens with one attached hydrogen (secondary N) is 1. The van der Waals surface area contributed by atoms with Crippen LogP contribution in [0.4, 0.5) is 5.69 Å². The second kappa shape index (κ2) is 6.97. The molecular weight excluding hydrogens is 300 g/mol. The second-order valence-electron chi connectivity index (χ2n) is 5.70. The molecule has 0 aliphatic rings. The standard InChI is InChI=1S/C19H18N4O/c1-13(2)24-18-8-7-14(10-22-18)11-23-19-15(9-20)12-21-17-6-4-3-5-16(17)19/h3-8,10,12-13H,11H2,1-2H3,(H,21,23). The molecule has 0 amide bonds. The highest BCUT2D eigenvalue weighted by atomic mass is 16.5. The fourth-order valence-electron chi connectivity index (χ4n) is 2.43. The number of rotatable bonds is 5. The number of ether oxygens (including phenoxy) is 1. The number of nitriles is 1. The van der Waals surface area contributed by atoms with Crippen LogP contribution in [0.2, 0.25) is 0 Å². The number of benzene rings is 1. The van der Waals surface area contributed by atoms with E-state index in [1.54, 1.807) is 12.4 Å². The van der Waals surface area contributed by atoms with E-state index in [-0.39, 0.29) is 6.10 Å². The monoisotopic (exact) mass is 318 g/mol. The van der Waals surface area contributed by atoms with E-state index in [1.807, 2.05) is 50.2 Å². The first kappa shape index (κ1) is 15.8. The molecule has 120 valence electrons. The molecule has 2 aromatic heterocycles. The lowest BCUT2D eigenvalue weighted by molar-refractivity contribution is 0.232. The van der Waals surface area contributed by atoms with Gasteiger partial charge in [-0.1, -0.05) is 24.3 Å². The maximum atomic E-state index is 9.34. The van der Waals surface area contributed by atoms with Gasteiger partial charge in [0, 0.05) is 30.4 Å². The topological polar surface area (TPSA) is 70.8 Å². The summed E-state index contributed by atoms with van der Waals surface area (Å²) in [4.78, 5) is 8.61. The summed E-state index contributed by atoms with van der Waals surface area (Å²) in [5.41, 5.74) is 3.20. The van der Waals surface area contributed by atoms with Crippen LogP contribution in [0.3, 0.4) is 0 Å². The molecule has 3 aromatic rings. The van der Waals surface area contributed by atoms with Crippen molar-refractivity contribution in [2.24, 2.45) is 0 Å². The van der Waals surface area contributed by atoms with Crippen molar-refractivity contribution in [1.82, 2.24) is 9.97 Å². The van der Waals surface area contributed by atoms with E-state index >= 15 is 0 Å². The SMILES string of the molecule is CC(C)Oc1ccc(CNc2c(C#N)cnc3ccccc23)cn1. The average molecular weight is 318 g/mol. The quantitative estimate of drug-likeness (QED) is 0.772. The first-order valence-corrected chi connectivity index (χ1v) is 7.80. The van der Waals surface area contributed by atoms with E-state index in [4.69, 9.17) is 4.74 Å². The first-order chi connectivity index (χ1) is 11.7. The van der Waals surface area contributed by atoms with Crippen LogP contribution in [-0.2, 0) is 6.54 Å². The molecule has 5 nitrogen and oxygen atoms in total. The molecule has 5 heteroatoms. The Balaban J connectivity index is 1.82. The Kier molecular flexibility index (Phi) is 4.57. The summed E-state index contributed by atoms with van der Waals surface area (Å²) in [5.74, 6) is 0.612. The van der Waals surface area contributed by atoms with E-state index in [0.29, 0.717) is 18.0 Å². The normalized spacial score (nSPS) is 10.6. The molecule has 0 radical (unpaired) electrons. The van der Waals surface area contributed by atoms with Crippen molar-refractivity contribution in [1.29, 1.82) is 5.26 Å². The minimum Gasteiger partial charge on any atom is -0.475 e. The Morgan fingerprint density at radius 3 is 2.67 bits per heavy atom. The third kappa shape index (κ3) is 3.44. The van der Waals surface area contributed by atoms with Crippen molar-refractivity contribution in [2.75, 3.05) is 5.32 Å². The number of nitrogens with zero attached hydrogens (tertiary/aromatic N) is 3. The van der Waals surface area contributed by atoms with E-state index in [0.717, 1.165) is 22.2 Å². The molecule has 0 unspecified atom stereocenters. The van der Waals surface area contributed by atoms with Crippen LogP contribution in [0.5, 0.6) is 5.88 Å². The van der Waals surface area contributed by atoms with Crippen LogP contribution in [0.25, 0.3) is 10.9 Å². The lowest BCUT2D eigenvalue weighted by Gasteiger charge is -2.12. The third-order valence-corrected chi connectivity index (χ3v) is 3.52. The highest BCUT2D eigenvalue weighted by molar-refractivity contribution is 5.93. The first-order valence-electron chi connectivity index (χ1n) is 7.80. The van der Waals surface area contributed by atoms with Gasteiger partial charge in [-0.3, -0.25) is 4.98 Å². The molecule has 3 rings (SSSR count). The molecule has 1 aromatic carbocycles. The second-order valence-corrected chi connectivity index (χ2v) is 5.70. The molecule has 0 bridgehead atoms. The van der Waals surface area contributed by atoms with Crippen molar-refractivity contribution >= 4 is 16.6 Å². The van der Waals surface area contributed by atoms with E-state index in [2.05, 4.69) is 21.4 Å². The highest BCUT2D eigenvalue weighted by Crippen LogP contribution is 2.26. The van der Waals surface area contributed by atoms with Gasteiger partial charge in [0.2, 0.25) is 5.88 Å². The van der Waals surface area contributed by atoms with Crippen molar-refractivity contribution in [3.8, 4) is 11.9 Å². The number of para-hydroxylation sites is 1. The molecule has 0 aliphatic carbocycles. The molecule has 24 heavy (non-hydrogen) atoms. The summed E-state index contributed by atoms with van der Waals surface area (Å²) in [6.45, 7) is 4.50. The summed E-state index contributed by atoms with van der Waals surface area (Å²) in [6, 6.07) is 13.8. The zero-order valence-electron chi connectivity index (χ0n) is 13.7. The fourth-order valence-corrected chi connectivity index (χ4v) is 2.43. The Morgan fingerprint density at radius 1 is 1.12 bits per heavy atom. The number of fused-ring (bicyclic) bond motifs is 1. The van der Waals surface area contributed by atoms with Crippen molar-refractivity contribution in [3.05, 3.63) is 59.9 Å². The van der Waals surface area contributed by atoms with Gasteiger partial charge in [-0.25, -0.2) is 4.98 Å². The maximum Gasteiger partial charge on any atom is 0.213 e. The smallest absolute Gasteiger partial charge is 0.213 e. The number of hydrogen-bond acceptors (Lipinski definition) is 5. The summed E-state index contributed by atoms with van der Waals surface area (Å²) >= 11 is 0. The lowest BCUT2D eigenvalue weighted by atomic mass is 10.1. The van der Waals surface area contributed by atoms with Gasteiger partial charge in [0.05, 0.1) is 22.9 Å². The van der Waals surface area contributed by atoms with Gasteiger partial charge in [-0.2, -0.15) is 5.26 Å². The van der Waals surface area contributed by atoms with E-state index in [9.17, 15) is 5.26 Å².